The van der Waals surface area contributed by atoms with Gasteiger partial charge < -0.3 is 19.3 Å². The summed E-state index contributed by atoms with van der Waals surface area (Å²) in [7, 11) is 0. The first-order valence-corrected chi connectivity index (χ1v) is 13.4. The molecule has 2 amide bonds. The number of aromatic nitrogens is 4. The molecule has 210 valence electrons. The maximum atomic E-state index is 12.4. The Hall–Kier alpha value is -3.93. The van der Waals surface area contributed by atoms with Gasteiger partial charge in [-0.15, -0.1) is 5.10 Å². The number of rotatable bonds is 8. The molecule has 5 rings (SSSR count). The predicted octanol–water partition coefficient (Wildman–Crippen LogP) is 5.23. The van der Waals surface area contributed by atoms with Crippen molar-refractivity contribution in [3.05, 3.63) is 65.5 Å². The van der Waals surface area contributed by atoms with Crippen molar-refractivity contribution < 1.29 is 18.8 Å². The van der Waals surface area contributed by atoms with E-state index in [0.717, 1.165) is 44.1 Å². The molecule has 4 aromatic rings. The SMILES string of the molecule is CC(C)(C)c1cc(NC(=O)Nc2ccc(-c3cn(-c4ccc(OCCN5CCOCC5)c(Cl)c4)nn3)cc2)no1. The number of amides is 2. The maximum absolute atomic E-state index is 12.4. The number of nitrogens with zero attached hydrogens (tertiary/aromatic N) is 5. The van der Waals surface area contributed by atoms with Gasteiger partial charge in [-0.2, -0.15) is 0 Å². The van der Waals surface area contributed by atoms with Gasteiger partial charge in [0, 0.05) is 42.4 Å². The molecule has 0 spiro atoms. The molecule has 2 aromatic heterocycles. The minimum Gasteiger partial charge on any atom is -0.491 e. The molecule has 0 saturated carbocycles. The summed E-state index contributed by atoms with van der Waals surface area (Å²) in [6, 6.07) is 14.1. The van der Waals surface area contributed by atoms with Crippen molar-refractivity contribution in [3.63, 3.8) is 0 Å². The van der Waals surface area contributed by atoms with Gasteiger partial charge >= 0.3 is 6.03 Å². The van der Waals surface area contributed by atoms with E-state index in [0.29, 0.717) is 40.3 Å². The summed E-state index contributed by atoms with van der Waals surface area (Å²) >= 11 is 6.49. The molecule has 40 heavy (non-hydrogen) atoms. The van der Waals surface area contributed by atoms with E-state index in [1.54, 1.807) is 28.9 Å². The Balaban J connectivity index is 1.16. The van der Waals surface area contributed by atoms with Gasteiger partial charge in [-0.05, 0) is 30.3 Å². The molecule has 1 fully saturated rings. The third-order valence-corrected chi connectivity index (χ3v) is 6.67. The Morgan fingerprint density at radius 1 is 1.07 bits per heavy atom. The highest BCUT2D eigenvalue weighted by Crippen LogP contribution is 2.28. The molecule has 2 N–H and O–H groups in total. The highest BCUT2D eigenvalue weighted by Gasteiger charge is 2.20. The normalized spacial score (nSPS) is 14.2. The molecule has 12 heteroatoms. The molecule has 2 aromatic carbocycles. The van der Waals surface area contributed by atoms with Gasteiger partial charge in [-0.3, -0.25) is 10.2 Å². The number of urea groups is 1. The van der Waals surface area contributed by atoms with Gasteiger partial charge in [0.2, 0.25) is 0 Å². The number of carbonyl (C=O) groups is 1. The molecule has 11 nitrogen and oxygen atoms in total. The van der Waals surface area contributed by atoms with Crippen molar-refractivity contribution in [1.29, 1.82) is 0 Å². The lowest BCUT2D eigenvalue weighted by Gasteiger charge is -2.26. The molecule has 1 aliphatic heterocycles. The van der Waals surface area contributed by atoms with Crippen molar-refractivity contribution >= 4 is 29.1 Å². The summed E-state index contributed by atoms with van der Waals surface area (Å²) < 4.78 is 18.2. The van der Waals surface area contributed by atoms with Gasteiger partial charge in [0.05, 0.1) is 30.1 Å². The first kappa shape index (κ1) is 27.6. The number of benzene rings is 2. The van der Waals surface area contributed by atoms with Gasteiger partial charge in [0.1, 0.15) is 23.8 Å². The Morgan fingerprint density at radius 2 is 1.85 bits per heavy atom. The Morgan fingerprint density at radius 3 is 2.55 bits per heavy atom. The summed E-state index contributed by atoms with van der Waals surface area (Å²) in [6.07, 6.45) is 1.82. The second-order valence-electron chi connectivity index (χ2n) is 10.4. The topological polar surface area (TPSA) is 120 Å². The largest absolute Gasteiger partial charge is 0.491 e. The summed E-state index contributed by atoms with van der Waals surface area (Å²) in [6.45, 7) is 10.8. The minimum atomic E-state index is -0.419. The van der Waals surface area contributed by atoms with E-state index < -0.39 is 6.03 Å². The number of carbonyl (C=O) groups excluding carboxylic acids is 1. The summed E-state index contributed by atoms with van der Waals surface area (Å²) in [5, 5.41) is 18.4. The van der Waals surface area contributed by atoms with Crippen LogP contribution in [0.4, 0.5) is 16.3 Å². The van der Waals surface area contributed by atoms with Crippen molar-refractivity contribution in [3.8, 4) is 22.7 Å². The van der Waals surface area contributed by atoms with Crippen LogP contribution in [0.3, 0.4) is 0 Å². The molecule has 1 aliphatic rings. The van der Waals surface area contributed by atoms with Crippen molar-refractivity contribution in [2.24, 2.45) is 0 Å². The highest BCUT2D eigenvalue weighted by atomic mass is 35.5. The summed E-state index contributed by atoms with van der Waals surface area (Å²) in [5.41, 5.74) is 2.70. The van der Waals surface area contributed by atoms with E-state index in [-0.39, 0.29) is 5.41 Å². The van der Waals surface area contributed by atoms with Gasteiger partial charge in [-0.25, -0.2) is 9.48 Å². The fraction of sp³-hybridized carbons (Fsp3) is 0.357. The predicted molar refractivity (Wildman–Crippen MR) is 152 cm³/mol. The standard InChI is InChI=1S/C28H32ClN7O4/c1-28(2,3)25-17-26(33-40-25)31-27(37)30-20-6-4-19(5-7-20)23-18-36(34-32-23)21-8-9-24(22(29)16-21)39-15-12-35-10-13-38-14-11-35/h4-9,16-18H,10-15H2,1-3H3,(H2,30,31,33,37). The Bertz CT molecular complexity index is 1440. The number of ether oxygens (including phenoxy) is 2. The maximum Gasteiger partial charge on any atom is 0.324 e. The lowest BCUT2D eigenvalue weighted by atomic mass is 9.93. The van der Waals surface area contributed by atoms with Crippen LogP contribution in [0.25, 0.3) is 16.9 Å². The molecular weight excluding hydrogens is 534 g/mol. The van der Waals surface area contributed by atoms with Crippen LogP contribution in [0.1, 0.15) is 26.5 Å². The zero-order valence-corrected chi connectivity index (χ0v) is 23.4. The summed E-state index contributed by atoms with van der Waals surface area (Å²) in [5.74, 6) is 1.67. The number of halogens is 1. The van der Waals surface area contributed by atoms with E-state index in [1.807, 2.05) is 51.2 Å². The van der Waals surface area contributed by atoms with Crippen LogP contribution in [0.2, 0.25) is 5.02 Å². The quantitative estimate of drug-likeness (QED) is 0.298. The van der Waals surface area contributed by atoms with E-state index in [1.165, 1.54) is 0 Å². The zero-order valence-electron chi connectivity index (χ0n) is 22.7. The summed E-state index contributed by atoms with van der Waals surface area (Å²) in [4.78, 5) is 14.7. The number of hydrogen-bond acceptors (Lipinski definition) is 8. The lowest BCUT2D eigenvalue weighted by Crippen LogP contribution is -2.38. The molecule has 0 radical (unpaired) electrons. The van der Waals surface area contributed by atoms with E-state index in [9.17, 15) is 4.79 Å². The zero-order chi connectivity index (χ0) is 28.1. The van der Waals surface area contributed by atoms with Crippen molar-refractivity contribution in [2.75, 3.05) is 50.1 Å². The third kappa shape index (κ3) is 6.98. The first-order chi connectivity index (χ1) is 19.2. The number of nitrogens with one attached hydrogen (secondary N) is 2. The van der Waals surface area contributed by atoms with Gasteiger partial charge in [0.25, 0.3) is 0 Å². The van der Waals surface area contributed by atoms with Gasteiger partial charge in [0.15, 0.2) is 5.82 Å². The fourth-order valence-corrected chi connectivity index (χ4v) is 4.30. The molecule has 1 saturated heterocycles. The average Bonchev–Trinajstić information content (AvgIpc) is 3.61. The molecule has 0 aliphatic carbocycles. The smallest absolute Gasteiger partial charge is 0.324 e. The Labute approximate surface area is 237 Å². The average molecular weight is 566 g/mol. The van der Waals surface area contributed by atoms with Gasteiger partial charge in [-0.1, -0.05) is 54.9 Å². The lowest BCUT2D eigenvalue weighted by molar-refractivity contribution is 0.0322. The second kappa shape index (κ2) is 12.1. The van der Waals surface area contributed by atoms with Crippen LogP contribution in [0.15, 0.2) is 59.3 Å². The molecule has 0 atom stereocenters. The van der Waals surface area contributed by atoms with Crippen LogP contribution < -0.4 is 15.4 Å². The van der Waals surface area contributed by atoms with E-state index in [2.05, 4.69) is 31.0 Å². The van der Waals surface area contributed by atoms with Crippen LogP contribution in [0, 0.1) is 0 Å². The molecular formula is C28H32ClN7O4. The van der Waals surface area contributed by atoms with E-state index in [4.69, 9.17) is 25.6 Å². The van der Waals surface area contributed by atoms with Crippen LogP contribution in [-0.2, 0) is 10.2 Å². The van der Waals surface area contributed by atoms with Crippen molar-refractivity contribution in [2.45, 2.75) is 26.2 Å². The number of morpholine rings is 1. The fourth-order valence-electron chi connectivity index (χ4n) is 4.07. The van der Waals surface area contributed by atoms with Crippen molar-refractivity contribution in [1.82, 2.24) is 25.1 Å². The van der Waals surface area contributed by atoms with Crippen LogP contribution >= 0.6 is 11.6 Å². The number of anilines is 2. The first-order valence-electron chi connectivity index (χ1n) is 13.1. The number of hydrogen-bond donors (Lipinski definition) is 2. The minimum absolute atomic E-state index is 0.200. The molecule has 3 heterocycles. The van der Waals surface area contributed by atoms with E-state index >= 15 is 0 Å². The van der Waals surface area contributed by atoms with Crippen LogP contribution in [-0.4, -0.2) is 70.5 Å². The highest BCUT2D eigenvalue weighted by molar-refractivity contribution is 6.32. The molecule has 0 bridgehead atoms. The third-order valence-electron chi connectivity index (χ3n) is 6.37. The Kier molecular flexibility index (Phi) is 8.34. The monoisotopic (exact) mass is 565 g/mol. The molecule has 0 unspecified atom stereocenters. The van der Waals surface area contributed by atoms with Crippen LogP contribution in [0.5, 0.6) is 5.75 Å². The second-order valence-corrected chi connectivity index (χ2v) is 10.9.